The highest BCUT2D eigenvalue weighted by molar-refractivity contribution is 5.76. The van der Waals surface area contributed by atoms with Crippen molar-refractivity contribution in [2.24, 2.45) is 5.73 Å². The lowest BCUT2D eigenvalue weighted by atomic mass is 9.87. The second kappa shape index (κ2) is 4.49. The molecule has 1 unspecified atom stereocenters. The smallest absolute Gasteiger partial charge is 0.219 e. The summed E-state index contributed by atoms with van der Waals surface area (Å²) in [6, 6.07) is 6.49. The van der Waals surface area contributed by atoms with E-state index >= 15 is 0 Å². The molecule has 0 bridgehead atoms. The van der Waals surface area contributed by atoms with Crippen LogP contribution in [0.1, 0.15) is 36.5 Å². The van der Waals surface area contributed by atoms with E-state index in [-0.39, 0.29) is 11.4 Å². The summed E-state index contributed by atoms with van der Waals surface area (Å²) in [6.45, 7) is 5.00. The van der Waals surface area contributed by atoms with Gasteiger partial charge in [-0.05, 0) is 37.4 Å². The Balaban J connectivity index is 2.43. The zero-order valence-electron chi connectivity index (χ0n) is 10.5. The summed E-state index contributed by atoms with van der Waals surface area (Å²) in [5.74, 6) is -0.236. The van der Waals surface area contributed by atoms with Gasteiger partial charge in [0, 0.05) is 6.42 Å². The van der Waals surface area contributed by atoms with Crippen molar-refractivity contribution in [1.82, 2.24) is 5.32 Å². The molecule has 0 aliphatic heterocycles. The summed E-state index contributed by atoms with van der Waals surface area (Å²) >= 11 is 0. The first kappa shape index (κ1) is 12.1. The highest BCUT2D eigenvalue weighted by atomic mass is 16.1. The van der Waals surface area contributed by atoms with Crippen LogP contribution < -0.4 is 11.1 Å². The number of nitrogens with one attached hydrogen (secondary N) is 1. The minimum absolute atomic E-state index is 0.234. The Morgan fingerprint density at radius 3 is 2.94 bits per heavy atom. The van der Waals surface area contributed by atoms with Gasteiger partial charge in [0.1, 0.15) is 0 Å². The van der Waals surface area contributed by atoms with Crippen molar-refractivity contribution in [2.75, 3.05) is 6.54 Å². The molecular formula is C14H20N2O. The molecule has 1 atom stereocenters. The van der Waals surface area contributed by atoms with Crippen molar-refractivity contribution in [2.45, 2.75) is 38.6 Å². The maximum Gasteiger partial charge on any atom is 0.219 e. The van der Waals surface area contributed by atoms with E-state index in [0.717, 1.165) is 19.4 Å². The molecule has 0 saturated carbocycles. The Hall–Kier alpha value is -1.35. The molecule has 0 heterocycles. The Kier molecular flexibility index (Phi) is 3.20. The normalized spacial score (nSPS) is 22.5. The first-order chi connectivity index (χ1) is 8.07. The van der Waals surface area contributed by atoms with Gasteiger partial charge in [0.25, 0.3) is 0 Å². The van der Waals surface area contributed by atoms with Crippen LogP contribution >= 0.6 is 0 Å². The summed E-state index contributed by atoms with van der Waals surface area (Å²) < 4.78 is 0. The van der Waals surface area contributed by atoms with Crippen LogP contribution in [0.25, 0.3) is 0 Å². The fraction of sp³-hybridized carbons (Fsp3) is 0.500. The zero-order chi connectivity index (χ0) is 12.5. The molecule has 1 aliphatic rings. The monoisotopic (exact) mass is 232 g/mol. The molecule has 2 rings (SSSR count). The first-order valence-electron chi connectivity index (χ1n) is 6.21. The number of aryl methyl sites for hydroxylation is 2. The Labute approximate surface area is 102 Å². The SMILES string of the molecule is CCNC1(CC(N)=O)CCc2ccc(C)cc21. The van der Waals surface area contributed by atoms with Gasteiger partial charge in [0.15, 0.2) is 0 Å². The Bertz CT molecular complexity index is 438. The van der Waals surface area contributed by atoms with E-state index in [9.17, 15) is 4.79 Å². The van der Waals surface area contributed by atoms with Crippen LogP contribution in [0.5, 0.6) is 0 Å². The van der Waals surface area contributed by atoms with Crippen LogP contribution in [0, 0.1) is 6.92 Å². The number of fused-ring (bicyclic) bond motifs is 1. The number of carbonyl (C=O) groups excluding carboxylic acids is 1. The molecule has 17 heavy (non-hydrogen) atoms. The van der Waals surface area contributed by atoms with Crippen molar-refractivity contribution in [3.05, 3.63) is 34.9 Å². The van der Waals surface area contributed by atoms with Gasteiger partial charge in [-0.2, -0.15) is 0 Å². The maximum absolute atomic E-state index is 11.3. The summed E-state index contributed by atoms with van der Waals surface area (Å²) in [7, 11) is 0. The fourth-order valence-electron chi connectivity index (χ4n) is 2.90. The van der Waals surface area contributed by atoms with Crippen LogP contribution in [0.2, 0.25) is 0 Å². The number of carbonyl (C=O) groups is 1. The molecular weight excluding hydrogens is 212 g/mol. The van der Waals surface area contributed by atoms with Gasteiger partial charge < -0.3 is 11.1 Å². The first-order valence-corrected chi connectivity index (χ1v) is 6.21. The molecule has 1 aromatic carbocycles. The number of hydrogen-bond donors (Lipinski definition) is 2. The second-order valence-corrected chi connectivity index (χ2v) is 4.92. The fourth-order valence-corrected chi connectivity index (χ4v) is 2.90. The number of nitrogens with two attached hydrogens (primary N) is 1. The van der Waals surface area contributed by atoms with Gasteiger partial charge in [-0.1, -0.05) is 30.7 Å². The summed E-state index contributed by atoms with van der Waals surface area (Å²) in [5.41, 5.74) is 9.01. The van der Waals surface area contributed by atoms with Gasteiger partial charge in [-0.15, -0.1) is 0 Å². The standard InChI is InChI=1S/C14H20N2O/c1-3-16-14(9-13(15)17)7-6-11-5-4-10(2)8-12(11)14/h4-5,8,16H,3,6-7,9H2,1-2H3,(H2,15,17). The van der Waals surface area contributed by atoms with Crippen LogP contribution in [0.3, 0.4) is 0 Å². The quantitative estimate of drug-likeness (QED) is 0.829. The van der Waals surface area contributed by atoms with E-state index in [2.05, 4.69) is 37.4 Å². The highest BCUT2D eigenvalue weighted by Crippen LogP contribution is 2.39. The van der Waals surface area contributed by atoms with Gasteiger partial charge in [-0.3, -0.25) is 4.79 Å². The minimum Gasteiger partial charge on any atom is -0.370 e. The van der Waals surface area contributed by atoms with E-state index in [4.69, 9.17) is 5.73 Å². The van der Waals surface area contributed by atoms with Gasteiger partial charge >= 0.3 is 0 Å². The lowest BCUT2D eigenvalue weighted by molar-refractivity contribution is -0.119. The lowest BCUT2D eigenvalue weighted by Crippen LogP contribution is -2.43. The average molecular weight is 232 g/mol. The number of rotatable bonds is 4. The lowest BCUT2D eigenvalue weighted by Gasteiger charge is -2.30. The highest BCUT2D eigenvalue weighted by Gasteiger charge is 2.39. The minimum atomic E-state index is -0.236. The molecule has 3 heteroatoms. The number of amides is 1. The molecule has 0 saturated heterocycles. The second-order valence-electron chi connectivity index (χ2n) is 4.92. The van der Waals surface area contributed by atoms with E-state index in [1.54, 1.807) is 0 Å². The van der Waals surface area contributed by atoms with Crippen molar-refractivity contribution >= 4 is 5.91 Å². The molecule has 3 nitrogen and oxygen atoms in total. The average Bonchev–Trinajstić information content (AvgIpc) is 2.57. The van der Waals surface area contributed by atoms with E-state index in [1.807, 2.05) is 0 Å². The molecule has 92 valence electrons. The predicted octanol–water partition coefficient (Wildman–Crippen LogP) is 1.62. The molecule has 0 spiro atoms. The Morgan fingerprint density at radius 1 is 1.53 bits per heavy atom. The van der Waals surface area contributed by atoms with Crippen molar-refractivity contribution in [1.29, 1.82) is 0 Å². The van der Waals surface area contributed by atoms with Crippen LogP contribution in [0.15, 0.2) is 18.2 Å². The van der Waals surface area contributed by atoms with Crippen molar-refractivity contribution in [3.8, 4) is 0 Å². The third-order valence-electron chi connectivity index (χ3n) is 3.59. The third-order valence-corrected chi connectivity index (χ3v) is 3.59. The molecule has 0 fully saturated rings. The van der Waals surface area contributed by atoms with E-state index in [1.165, 1.54) is 16.7 Å². The summed E-state index contributed by atoms with van der Waals surface area (Å²) in [4.78, 5) is 11.3. The van der Waals surface area contributed by atoms with Gasteiger partial charge in [-0.25, -0.2) is 0 Å². The van der Waals surface area contributed by atoms with Crippen LogP contribution in [-0.2, 0) is 16.8 Å². The summed E-state index contributed by atoms with van der Waals surface area (Å²) in [6.07, 6.45) is 2.37. The number of hydrogen-bond acceptors (Lipinski definition) is 2. The Morgan fingerprint density at radius 2 is 2.29 bits per heavy atom. The van der Waals surface area contributed by atoms with Gasteiger partial charge in [0.05, 0.1) is 5.54 Å². The number of benzene rings is 1. The van der Waals surface area contributed by atoms with E-state index < -0.39 is 0 Å². The van der Waals surface area contributed by atoms with Crippen molar-refractivity contribution < 1.29 is 4.79 Å². The molecule has 0 aromatic heterocycles. The molecule has 1 amide bonds. The third kappa shape index (κ3) is 2.20. The zero-order valence-corrected chi connectivity index (χ0v) is 10.5. The van der Waals surface area contributed by atoms with Crippen LogP contribution in [-0.4, -0.2) is 12.5 Å². The topological polar surface area (TPSA) is 55.1 Å². The van der Waals surface area contributed by atoms with Crippen molar-refractivity contribution in [3.63, 3.8) is 0 Å². The largest absolute Gasteiger partial charge is 0.370 e. The molecule has 3 N–H and O–H groups in total. The molecule has 1 aliphatic carbocycles. The number of primary amides is 1. The summed E-state index contributed by atoms with van der Waals surface area (Å²) in [5, 5.41) is 3.47. The molecule has 1 aromatic rings. The van der Waals surface area contributed by atoms with Crippen LogP contribution in [0.4, 0.5) is 0 Å². The predicted molar refractivity (Wildman–Crippen MR) is 68.7 cm³/mol. The van der Waals surface area contributed by atoms with Gasteiger partial charge in [0.2, 0.25) is 5.91 Å². The maximum atomic E-state index is 11.3. The molecule has 0 radical (unpaired) electrons. The van der Waals surface area contributed by atoms with E-state index in [0.29, 0.717) is 6.42 Å².